The van der Waals surface area contributed by atoms with Gasteiger partial charge < -0.3 is 85.3 Å². The third kappa shape index (κ3) is 23.2. The average molecular weight is 1050 g/mol. The number of nitrogens with two attached hydrogens (primary N) is 3. The second-order valence-corrected chi connectivity index (χ2v) is 18.8. The lowest BCUT2D eigenvalue weighted by Gasteiger charge is -2.31. The normalized spacial score (nSPS) is 15.3. The molecule has 8 amide bonds. The number of phenols is 1. The number of aliphatic carboxylic acids is 2. The lowest BCUT2D eigenvalue weighted by atomic mass is 9.95. The zero-order valence-electron chi connectivity index (χ0n) is 43.2. The van der Waals surface area contributed by atoms with Gasteiger partial charge in [0, 0.05) is 12.8 Å². The summed E-state index contributed by atoms with van der Waals surface area (Å²) in [6.07, 6.45) is 0.865. The van der Waals surface area contributed by atoms with E-state index in [-0.39, 0.29) is 38.0 Å². The Morgan fingerprint density at radius 1 is 0.500 bits per heavy atom. The summed E-state index contributed by atoms with van der Waals surface area (Å²) >= 11 is 0. The van der Waals surface area contributed by atoms with Crippen LogP contribution in [0.2, 0.25) is 0 Å². The minimum atomic E-state index is -1.79. The number of unbranched alkanes of at least 4 members (excludes halogenated alkanes) is 2. The maximum atomic E-state index is 14.2. The van der Waals surface area contributed by atoms with Gasteiger partial charge in [-0.15, -0.1) is 0 Å². The van der Waals surface area contributed by atoms with Crippen molar-refractivity contribution in [3.05, 3.63) is 29.8 Å². The van der Waals surface area contributed by atoms with E-state index in [0.29, 0.717) is 37.8 Å². The van der Waals surface area contributed by atoms with Crippen molar-refractivity contribution < 1.29 is 73.5 Å². The number of carbonyl (C=O) groups is 10. The molecule has 0 unspecified atom stereocenters. The lowest BCUT2D eigenvalue weighted by Crippen LogP contribution is -2.62. The Hall–Kier alpha value is -6.48. The number of phenolic OH excluding ortho intramolecular Hbond substituents is 1. The molecule has 0 aliphatic heterocycles. The van der Waals surface area contributed by atoms with E-state index in [9.17, 15) is 73.5 Å². The summed E-state index contributed by atoms with van der Waals surface area (Å²) < 4.78 is 0. The number of carboxylic acids is 2. The maximum Gasteiger partial charge on any atom is 0.326 e. The van der Waals surface area contributed by atoms with Crippen molar-refractivity contribution in [2.24, 2.45) is 35.0 Å². The molecule has 0 aliphatic rings. The maximum absolute atomic E-state index is 14.2. The Balaban J connectivity index is 3.43. The van der Waals surface area contributed by atoms with Crippen LogP contribution in [0, 0.1) is 17.8 Å². The Bertz CT molecular complexity index is 2010. The molecule has 0 fully saturated rings. The predicted molar refractivity (Wildman–Crippen MR) is 269 cm³/mol. The number of amides is 8. The number of benzene rings is 1. The Kier molecular flexibility index (Phi) is 30.2. The molecule has 26 heteroatoms. The molecule has 26 nitrogen and oxygen atoms in total. The molecule has 74 heavy (non-hydrogen) atoms. The van der Waals surface area contributed by atoms with Gasteiger partial charge in [0.25, 0.3) is 0 Å². The Morgan fingerprint density at radius 2 is 0.905 bits per heavy atom. The summed E-state index contributed by atoms with van der Waals surface area (Å²) in [6.45, 7) is 8.36. The largest absolute Gasteiger partial charge is 0.508 e. The molecule has 1 rings (SSSR count). The summed E-state index contributed by atoms with van der Waals surface area (Å²) in [5, 5.41) is 68.6. The average Bonchev–Trinajstić information content (AvgIpc) is 3.34. The van der Waals surface area contributed by atoms with Crippen LogP contribution in [-0.2, 0) is 54.4 Å². The van der Waals surface area contributed by atoms with Gasteiger partial charge in [-0.3, -0.25) is 43.2 Å². The summed E-state index contributed by atoms with van der Waals surface area (Å²) in [5.41, 5.74) is 17.6. The van der Waals surface area contributed by atoms with E-state index in [1.165, 1.54) is 24.3 Å². The van der Waals surface area contributed by atoms with Gasteiger partial charge in [0.15, 0.2) is 0 Å². The number of aliphatic hydroxyl groups excluding tert-OH is 2. The number of rotatable bonds is 36. The molecular weight excluding hydrogens is 971 g/mol. The minimum Gasteiger partial charge on any atom is -0.508 e. The monoisotopic (exact) mass is 1050 g/mol. The van der Waals surface area contributed by atoms with Crippen LogP contribution in [0.15, 0.2) is 24.3 Å². The fourth-order valence-electron chi connectivity index (χ4n) is 7.26. The molecule has 0 spiro atoms. The fourth-order valence-corrected chi connectivity index (χ4v) is 7.26. The Labute approximate surface area is 431 Å². The zero-order chi connectivity index (χ0) is 56.2. The second-order valence-electron chi connectivity index (χ2n) is 18.8. The molecule has 0 aliphatic carbocycles. The van der Waals surface area contributed by atoms with Crippen LogP contribution in [-0.4, -0.2) is 165 Å². The van der Waals surface area contributed by atoms with E-state index < -0.39 is 157 Å². The summed E-state index contributed by atoms with van der Waals surface area (Å²) in [5.74, 6) is -12.0. The van der Waals surface area contributed by atoms with Crippen LogP contribution in [0.3, 0.4) is 0 Å². The molecule has 0 heterocycles. The van der Waals surface area contributed by atoms with E-state index in [4.69, 9.17) is 17.2 Å². The zero-order valence-corrected chi connectivity index (χ0v) is 43.2. The van der Waals surface area contributed by atoms with Crippen molar-refractivity contribution in [3.63, 3.8) is 0 Å². The fraction of sp³-hybridized carbons (Fsp3) is 0.667. The number of carboxylic acid groups (broad SMARTS) is 2. The van der Waals surface area contributed by atoms with Gasteiger partial charge in [0.05, 0.1) is 19.3 Å². The van der Waals surface area contributed by atoms with Crippen LogP contribution in [0.4, 0.5) is 0 Å². The molecule has 10 atom stereocenters. The first kappa shape index (κ1) is 65.5. The first-order chi connectivity index (χ1) is 34.8. The van der Waals surface area contributed by atoms with Gasteiger partial charge in [0.2, 0.25) is 47.3 Å². The first-order valence-corrected chi connectivity index (χ1v) is 24.9. The summed E-state index contributed by atoms with van der Waals surface area (Å²) in [7, 11) is 0. The molecule has 0 saturated heterocycles. The highest BCUT2D eigenvalue weighted by atomic mass is 16.4. The molecule has 418 valence electrons. The van der Waals surface area contributed by atoms with Crippen LogP contribution in [0.25, 0.3) is 0 Å². The van der Waals surface area contributed by atoms with E-state index in [2.05, 4.69) is 42.5 Å². The molecule has 19 N–H and O–H groups in total. The Morgan fingerprint density at radius 3 is 1.38 bits per heavy atom. The topological polar surface area (TPSA) is 446 Å². The van der Waals surface area contributed by atoms with E-state index in [1.807, 2.05) is 0 Å². The minimum absolute atomic E-state index is 0.0594. The number of aliphatic hydroxyl groups is 2. The van der Waals surface area contributed by atoms with Crippen molar-refractivity contribution in [3.8, 4) is 5.75 Å². The molecule has 1 aromatic rings. The van der Waals surface area contributed by atoms with E-state index in [1.54, 1.807) is 41.5 Å². The molecular formula is C48H81N11O15. The van der Waals surface area contributed by atoms with Gasteiger partial charge in [-0.05, 0) is 87.1 Å². The SMILES string of the molecule is CC[C@H](C)[C@H](NC(=O)[C@H](CCCCN)NC(=O)[C@H](CCC(=O)O)NC(=O)[C@H](CO)NC(=O)[C@H](CO)NC(=O)[C@@H](N)CCCCN)C(=O)N[C@H](C(=O)N[C@@H](Cc1ccc(O)cc1)C(=O)N[C@H](C(=O)O)C(C)C)C(C)C. The van der Waals surface area contributed by atoms with Crippen molar-refractivity contribution in [2.45, 2.75) is 160 Å². The predicted octanol–water partition coefficient (Wildman–Crippen LogP) is -3.31. The van der Waals surface area contributed by atoms with Gasteiger partial charge in [-0.2, -0.15) is 0 Å². The lowest BCUT2D eigenvalue weighted by molar-refractivity contribution is -0.143. The van der Waals surface area contributed by atoms with Gasteiger partial charge >= 0.3 is 11.9 Å². The third-order valence-electron chi connectivity index (χ3n) is 12.1. The standard InChI is InChI=1S/C48H81N11O15/c1-7-27(6)39(47(72)57-37(25(2)3)46(71)54-33(22-28-14-16-29(62)17-15-28)43(68)58-38(26(4)5)48(73)74)59-42(67)31(13-9-11-21-50)52-41(66)32(18-19-36(63)64)53-44(69)35(24-61)56-45(70)34(23-60)55-40(65)30(51)12-8-10-20-49/h14-17,25-27,30-35,37-39,60-62H,7-13,18-24,49-51H2,1-6H3,(H,52,66)(H,53,69)(H,54,71)(H,55,65)(H,56,70)(H,57,72)(H,58,68)(H,59,67)(H,63,64)(H,73,74)/t27-,30-,31-,32-,33-,34-,35-,37-,38-,39-/m0/s1. The van der Waals surface area contributed by atoms with Crippen molar-refractivity contribution >= 4 is 59.2 Å². The van der Waals surface area contributed by atoms with Crippen molar-refractivity contribution in [1.29, 1.82) is 0 Å². The van der Waals surface area contributed by atoms with Crippen LogP contribution < -0.4 is 59.7 Å². The second kappa shape index (κ2) is 34.1. The van der Waals surface area contributed by atoms with Gasteiger partial charge in [0.1, 0.15) is 54.1 Å². The van der Waals surface area contributed by atoms with Crippen molar-refractivity contribution in [2.75, 3.05) is 26.3 Å². The van der Waals surface area contributed by atoms with Crippen LogP contribution in [0.1, 0.15) is 105 Å². The number of aromatic hydroxyl groups is 1. The number of carbonyl (C=O) groups excluding carboxylic acids is 8. The highest BCUT2D eigenvalue weighted by molar-refractivity contribution is 5.98. The molecule has 0 bridgehead atoms. The first-order valence-electron chi connectivity index (χ1n) is 24.9. The van der Waals surface area contributed by atoms with Gasteiger partial charge in [-0.1, -0.05) is 66.5 Å². The van der Waals surface area contributed by atoms with Crippen molar-refractivity contribution in [1.82, 2.24) is 42.5 Å². The number of hydrogen-bond donors (Lipinski definition) is 16. The highest BCUT2D eigenvalue weighted by Gasteiger charge is 2.37. The van der Waals surface area contributed by atoms with Crippen LogP contribution >= 0.6 is 0 Å². The highest BCUT2D eigenvalue weighted by Crippen LogP contribution is 2.15. The number of hydrogen-bond acceptors (Lipinski definition) is 16. The molecule has 0 radical (unpaired) electrons. The summed E-state index contributed by atoms with van der Waals surface area (Å²) in [4.78, 5) is 133. The quantitative estimate of drug-likeness (QED) is 0.0293. The summed E-state index contributed by atoms with van der Waals surface area (Å²) in [6, 6.07) is -7.14. The van der Waals surface area contributed by atoms with E-state index >= 15 is 0 Å². The van der Waals surface area contributed by atoms with Crippen LogP contribution in [0.5, 0.6) is 5.75 Å². The molecule has 1 aromatic carbocycles. The molecule has 0 aromatic heterocycles. The third-order valence-corrected chi connectivity index (χ3v) is 12.1. The van der Waals surface area contributed by atoms with E-state index in [0.717, 1.165) is 0 Å². The van der Waals surface area contributed by atoms with Gasteiger partial charge in [-0.25, -0.2) is 4.79 Å². The smallest absolute Gasteiger partial charge is 0.326 e. The number of nitrogens with one attached hydrogen (secondary N) is 8. The molecule has 0 saturated carbocycles.